The number of hydrogen-bond donors (Lipinski definition) is 0. The van der Waals surface area contributed by atoms with Crippen LogP contribution in [0.4, 0.5) is 0 Å². The van der Waals surface area contributed by atoms with Gasteiger partial charge >= 0.3 is 0 Å². The molecule has 2 aliphatic carbocycles. The molecule has 2 saturated carbocycles. The van der Waals surface area contributed by atoms with Crippen LogP contribution >= 0.6 is 0 Å². The van der Waals surface area contributed by atoms with Crippen molar-refractivity contribution in [2.24, 2.45) is 11.8 Å². The van der Waals surface area contributed by atoms with Crippen LogP contribution in [0.25, 0.3) is 11.4 Å². The molecule has 0 spiro atoms. The Morgan fingerprint density at radius 2 is 1.48 bits per heavy atom. The first-order valence-electron chi connectivity index (χ1n) is 10.2. The Balaban J connectivity index is 1.36. The lowest BCUT2D eigenvalue weighted by molar-refractivity contribution is 0.211. The van der Waals surface area contributed by atoms with Gasteiger partial charge in [-0.2, -0.15) is 0 Å². The lowest BCUT2D eigenvalue weighted by Gasteiger charge is -2.26. The Hall–Kier alpha value is -1.78. The number of hydrogen-bond acceptors (Lipinski definition) is 4. The number of aromatic nitrogens is 2. The minimum Gasteiger partial charge on any atom is -0.306 e. The van der Waals surface area contributed by atoms with Crippen molar-refractivity contribution in [2.45, 2.75) is 51.2 Å². The van der Waals surface area contributed by atoms with Crippen LogP contribution in [0.15, 0.2) is 36.7 Å². The van der Waals surface area contributed by atoms with E-state index < -0.39 is 0 Å². The standard InChI is InChI=1S/C23H32N4/c1-16-7-5-6-8-22(16)23-24-13-17(14-25-23)15-27(4)21-11-18-9-20(26(2)3)10-19(18)12-21/h5-8,13-14,18-21H,9-12,15H2,1-4H3/t18-,19+,20?,21?. The highest BCUT2D eigenvalue weighted by molar-refractivity contribution is 5.59. The fraction of sp³-hybridized carbons (Fsp3) is 0.565. The zero-order chi connectivity index (χ0) is 19.0. The second kappa shape index (κ2) is 7.69. The van der Waals surface area contributed by atoms with Gasteiger partial charge in [-0.05, 0) is 71.1 Å². The molecule has 0 bridgehead atoms. The van der Waals surface area contributed by atoms with Crippen molar-refractivity contribution >= 4 is 0 Å². The molecule has 2 fully saturated rings. The summed E-state index contributed by atoms with van der Waals surface area (Å²) in [5, 5.41) is 0. The molecule has 1 aromatic heterocycles. The number of rotatable bonds is 5. The molecule has 144 valence electrons. The summed E-state index contributed by atoms with van der Waals surface area (Å²) < 4.78 is 0. The Morgan fingerprint density at radius 3 is 2.07 bits per heavy atom. The molecule has 4 nitrogen and oxygen atoms in total. The average molecular weight is 365 g/mol. The highest BCUT2D eigenvalue weighted by Crippen LogP contribution is 2.46. The molecule has 4 atom stereocenters. The second-order valence-electron chi connectivity index (χ2n) is 8.88. The van der Waals surface area contributed by atoms with E-state index in [0.29, 0.717) is 6.04 Å². The van der Waals surface area contributed by atoms with Gasteiger partial charge in [-0.25, -0.2) is 9.97 Å². The van der Waals surface area contributed by atoms with Crippen LogP contribution in [-0.4, -0.2) is 53.0 Å². The summed E-state index contributed by atoms with van der Waals surface area (Å²) in [6, 6.07) is 9.81. The Labute approximate surface area is 163 Å². The highest BCUT2D eigenvalue weighted by Gasteiger charge is 2.43. The van der Waals surface area contributed by atoms with E-state index in [1.165, 1.54) is 36.8 Å². The third-order valence-electron chi connectivity index (χ3n) is 6.84. The first-order chi connectivity index (χ1) is 13.0. The van der Waals surface area contributed by atoms with E-state index in [-0.39, 0.29) is 0 Å². The first kappa shape index (κ1) is 18.6. The number of fused-ring (bicyclic) bond motifs is 1. The lowest BCUT2D eigenvalue weighted by atomic mass is 10.0. The highest BCUT2D eigenvalue weighted by atomic mass is 15.1. The molecule has 4 rings (SSSR count). The van der Waals surface area contributed by atoms with Crippen molar-refractivity contribution in [1.82, 2.24) is 19.8 Å². The van der Waals surface area contributed by atoms with E-state index in [4.69, 9.17) is 0 Å². The van der Waals surface area contributed by atoms with E-state index in [0.717, 1.165) is 35.8 Å². The maximum absolute atomic E-state index is 4.63. The van der Waals surface area contributed by atoms with Crippen molar-refractivity contribution < 1.29 is 0 Å². The summed E-state index contributed by atoms with van der Waals surface area (Å²) in [6.45, 7) is 3.05. The number of benzene rings is 1. The van der Waals surface area contributed by atoms with Crippen molar-refractivity contribution in [3.8, 4) is 11.4 Å². The predicted octanol–water partition coefficient (Wildman–Crippen LogP) is 4.00. The van der Waals surface area contributed by atoms with E-state index in [9.17, 15) is 0 Å². The molecule has 1 aromatic carbocycles. The second-order valence-corrected chi connectivity index (χ2v) is 8.88. The zero-order valence-electron chi connectivity index (χ0n) is 17.1. The molecule has 2 unspecified atom stereocenters. The first-order valence-corrected chi connectivity index (χ1v) is 10.2. The molecule has 2 aliphatic rings. The van der Waals surface area contributed by atoms with Gasteiger partial charge in [-0.1, -0.05) is 24.3 Å². The van der Waals surface area contributed by atoms with Crippen LogP contribution in [0.3, 0.4) is 0 Å². The largest absolute Gasteiger partial charge is 0.306 e. The maximum Gasteiger partial charge on any atom is 0.159 e. The van der Waals surface area contributed by atoms with Crippen LogP contribution in [-0.2, 0) is 6.54 Å². The van der Waals surface area contributed by atoms with Gasteiger partial charge in [-0.3, -0.25) is 4.90 Å². The monoisotopic (exact) mass is 364 g/mol. The summed E-state index contributed by atoms with van der Waals surface area (Å²) >= 11 is 0. The molecular weight excluding hydrogens is 332 g/mol. The Kier molecular flexibility index (Phi) is 5.29. The molecule has 0 aliphatic heterocycles. The fourth-order valence-corrected chi connectivity index (χ4v) is 5.15. The maximum atomic E-state index is 4.63. The lowest BCUT2D eigenvalue weighted by Crippen LogP contribution is -2.31. The van der Waals surface area contributed by atoms with Crippen molar-refractivity contribution in [3.05, 3.63) is 47.8 Å². The molecule has 27 heavy (non-hydrogen) atoms. The molecule has 0 saturated heterocycles. The predicted molar refractivity (Wildman–Crippen MR) is 110 cm³/mol. The normalized spacial score (nSPS) is 27.5. The minimum atomic E-state index is 0.708. The molecule has 0 N–H and O–H groups in total. The fourth-order valence-electron chi connectivity index (χ4n) is 5.15. The zero-order valence-corrected chi connectivity index (χ0v) is 17.1. The van der Waals surface area contributed by atoms with Gasteiger partial charge in [-0.15, -0.1) is 0 Å². The van der Waals surface area contributed by atoms with E-state index in [2.05, 4.69) is 66.0 Å². The number of aryl methyl sites for hydroxylation is 1. The van der Waals surface area contributed by atoms with Crippen molar-refractivity contribution in [2.75, 3.05) is 21.1 Å². The van der Waals surface area contributed by atoms with Gasteiger partial charge in [0.2, 0.25) is 0 Å². The Bertz CT molecular complexity index is 756. The summed E-state index contributed by atoms with van der Waals surface area (Å²) in [4.78, 5) is 14.2. The molecule has 0 radical (unpaired) electrons. The summed E-state index contributed by atoms with van der Waals surface area (Å²) in [7, 11) is 6.73. The van der Waals surface area contributed by atoms with Crippen LogP contribution in [0, 0.1) is 18.8 Å². The van der Waals surface area contributed by atoms with Gasteiger partial charge < -0.3 is 4.90 Å². The van der Waals surface area contributed by atoms with Gasteiger partial charge in [0.05, 0.1) is 0 Å². The smallest absolute Gasteiger partial charge is 0.159 e. The van der Waals surface area contributed by atoms with Gasteiger partial charge in [0.1, 0.15) is 0 Å². The van der Waals surface area contributed by atoms with E-state index in [1.807, 2.05) is 18.5 Å². The van der Waals surface area contributed by atoms with Crippen LogP contribution < -0.4 is 0 Å². The minimum absolute atomic E-state index is 0.708. The van der Waals surface area contributed by atoms with E-state index in [1.54, 1.807) is 0 Å². The molecule has 0 amide bonds. The number of nitrogens with zero attached hydrogens (tertiary/aromatic N) is 4. The van der Waals surface area contributed by atoms with Crippen LogP contribution in [0.5, 0.6) is 0 Å². The van der Waals surface area contributed by atoms with Gasteiger partial charge in [0, 0.05) is 42.1 Å². The molecular formula is C23H32N4. The van der Waals surface area contributed by atoms with Gasteiger partial charge in [0.15, 0.2) is 5.82 Å². The van der Waals surface area contributed by atoms with E-state index >= 15 is 0 Å². The summed E-state index contributed by atoms with van der Waals surface area (Å²) in [6.07, 6.45) is 9.49. The summed E-state index contributed by atoms with van der Waals surface area (Å²) in [5.74, 6) is 2.67. The molecule has 1 heterocycles. The van der Waals surface area contributed by atoms with Crippen molar-refractivity contribution in [3.63, 3.8) is 0 Å². The third-order valence-corrected chi connectivity index (χ3v) is 6.84. The average Bonchev–Trinajstić information content (AvgIpc) is 3.22. The molecule has 2 aromatic rings. The topological polar surface area (TPSA) is 32.3 Å². The Morgan fingerprint density at radius 1 is 0.889 bits per heavy atom. The van der Waals surface area contributed by atoms with Crippen LogP contribution in [0.1, 0.15) is 36.8 Å². The van der Waals surface area contributed by atoms with Crippen LogP contribution in [0.2, 0.25) is 0 Å². The van der Waals surface area contributed by atoms with Gasteiger partial charge in [0.25, 0.3) is 0 Å². The summed E-state index contributed by atoms with van der Waals surface area (Å²) in [5.41, 5.74) is 3.55. The third kappa shape index (κ3) is 3.92. The molecule has 4 heteroatoms. The van der Waals surface area contributed by atoms with Crippen molar-refractivity contribution in [1.29, 1.82) is 0 Å². The SMILES string of the molecule is Cc1ccccc1-c1ncc(CN(C)C2C[C@H]3CC(N(C)C)C[C@H]3C2)cn1. The quantitative estimate of drug-likeness (QED) is 0.803.